The summed E-state index contributed by atoms with van der Waals surface area (Å²) in [6.07, 6.45) is 0.651. The van der Waals surface area contributed by atoms with Crippen LogP contribution in [0.5, 0.6) is 17.2 Å². The third-order valence-corrected chi connectivity index (χ3v) is 9.60. The maximum atomic E-state index is 13.6. The third kappa shape index (κ3) is 5.55. The molecule has 2 atom stereocenters. The van der Waals surface area contributed by atoms with Crippen molar-refractivity contribution in [2.75, 3.05) is 11.5 Å². The number of anilines is 1. The lowest BCUT2D eigenvalue weighted by atomic mass is 9.94. The number of carbonyl (C=O) groups excluding carboxylic acids is 2. The molecule has 12 heteroatoms. The molecule has 6 rings (SSSR count). The first kappa shape index (κ1) is 29.0. The quantitative estimate of drug-likeness (QED) is 0.0731. The molecule has 3 aromatic carbocycles. The molecule has 4 aromatic rings. The summed E-state index contributed by atoms with van der Waals surface area (Å²) in [5, 5.41) is 31.3. The highest BCUT2D eigenvalue weighted by molar-refractivity contribution is 8.00. The van der Waals surface area contributed by atoms with Gasteiger partial charge < -0.3 is 19.7 Å². The number of hydrogen-bond donors (Lipinski definition) is 2. The zero-order chi connectivity index (χ0) is 30.2. The fourth-order valence-electron chi connectivity index (χ4n) is 5.16. The SMILES string of the molecule is CCOc1cc(C2/C(=C(\O)c3ccc4c(c3)CC(C)O4)C(=O)C(=O)N2c2nnc(SCc3ccccc3Cl)s2)ccc1O. The zero-order valence-electron chi connectivity index (χ0n) is 23.1. The largest absolute Gasteiger partial charge is 0.507 e. The number of halogens is 1. The van der Waals surface area contributed by atoms with E-state index < -0.39 is 17.7 Å². The van der Waals surface area contributed by atoms with Gasteiger partial charge in [0.1, 0.15) is 17.6 Å². The number of Topliss-reactive ketones (excluding diaryl/α,β-unsaturated/α-hetero) is 1. The molecule has 1 amide bonds. The van der Waals surface area contributed by atoms with Crippen LogP contribution in [0.2, 0.25) is 5.02 Å². The average Bonchev–Trinajstić information content (AvgIpc) is 3.68. The Morgan fingerprint density at radius 2 is 1.98 bits per heavy atom. The minimum Gasteiger partial charge on any atom is -0.507 e. The number of rotatable bonds is 8. The maximum absolute atomic E-state index is 13.6. The van der Waals surface area contributed by atoms with E-state index in [1.54, 1.807) is 37.3 Å². The Hall–Kier alpha value is -4.06. The Morgan fingerprint density at radius 3 is 2.77 bits per heavy atom. The fraction of sp³-hybridized carbons (Fsp3) is 0.226. The minimum absolute atomic E-state index is 0.00524. The molecule has 0 spiro atoms. The number of aromatic hydroxyl groups is 1. The molecular weight excluding hydrogens is 610 g/mol. The number of nitrogens with zero attached hydrogens (tertiary/aromatic N) is 3. The first-order chi connectivity index (χ1) is 20.7. The minimum atomic E-state index is -1.06. The molecular formula is C31H26ClN3O6S2. The molecule has 2 aliphatic rings. The lowest BCUT2D eigenvalue weighted by Crippen LogP contribution is -2.29. The molecule has 0 bridgehead atoms. The summed E-state index contributed by atoms with van der Waals surface area (Å²) >= 11 is 8.86. The van der Waals surface area contributed by atoms with Crippen LogP contribution in [-0.2, 0) is 21.8 Å². The molecule has 0 saturated carbocycles. The first-order valence-corrected chi connectivity index (χ1v) is 15.7. The van der Waals surface area contributed by atoms with Crippen molar-refractivity contribution in [3.05, 3.63) is 93.5 Å². The van der Waals surface area contributed by atoms with Crippen molar-refractivity contribution in [1.82, 2.24) is 10.2 Å². The van der Waals surface area contributed by atoms with Crippen molar-refractivity contribution in [2.45, 2.75) is 42.5 Å². The van der Waals surface area contributed by atoms with Crippen molar-refractivity contribution in [1.29, 1.82) is 0 Å². The van der Waals surface area contributed by atoms with E-state index in [4.69, 9.17) is 21.1 Å². The molecule has 2 N–H and O–H groups in total. The third-order valence-electron chi connectivity index (χ3n) is 7.12. The Bertz CT molecular complexity index is 1770. The topological polar surface area (TPSA) is 122 Å². The monoisotopic (exact) mass is 635 g/mol. The van der Waals surface area contributed by atoms with E-state index in [9.17, 15) is 19.8 Å². The van der Waals surface area contributed by atoms with Crippen molar-refractivity contribution in [2.24, 2.45) is 0 Å². The van der Waals surface area contributed by atoms with Gasteiger partial charge in [0.15, 0.2) is 15.8 Å². The Morgan fingerprint density at radius 1 is 1.16 bits per heavy atom. The lowest BCUT2D eigenvalue weighted by Gasteiger charge is -2.23. The number of hydrogen-bond acceptors (Lipinski definition) is 10. The molecule has 2 unspecified atom stereocenters. The van der Waals surface area contributed by atoms with Gasteiger partial charge in [0.25, 0.3) is 5.78 Å². The average molecular weight is 636 g/mol. The van der Waals surface area contributed by atoms with E-state index in [1.165, 1.54) is 22.7 Å². The standard InChI is InChI=1S/C31H26ClN3O6S2/c1-3-40-24-14-17(8-10-22(24)36)26-25(27(37)18-9-11-23-20(13-18)12-16(2)41-23)28(38)29(39)35(26)30-33-34-31(43-30)42-15-19-6-4-5-7-21(19)32/h4-11,13-14,16,26,36-37H,3,12,15H2,1-2H3/b27-25+. The number of fused-ring (bicyclic) bond motifs is 1. The number of ketones is 1. The second kappa shape index (κ2) is 11.9. The summed E-state index contributed by atoms with van der Waals surface area (Å²) in [6.45, 7) is 4.02. The van der Waals surface area contributed by atoms with Crippen LogP contribution in [0.3, 0.4) is 0 Å². The predicted octanol–water partition coefficient (Wildman–Crippen LogP) is 6.54. The zero-order valence-corrected chi connectivity index (χ0v) is 25.5. The summed E-state index contributed by atoms with van der Waals surface area (Å²) in [7, 11) is 0. The van der Waals surface area contributed by atoms with Gasteiger partial charge in [-0.2, -0.15) is 0 Å². The first-order valence-electron chi connectivity index (χ1n) is 13.5. The Labute approximate surface area is 260 Å². The smallest absolute Gasteiger partial charge is 0.301 e. The number of thioether (sulfide) groups is 1. The highest BCUT2D eigenvalue weighted by Crippen LogP contribution is 2.46. The van der Waals surface area contributed by atoms with Gasteiger partial charge >= 0.3 is 5.91 Å². The molecule has 0 radical (unpaired) electrons. The molecule has 1 aromatic heterocycles. The highest BCUT2D eigenvalue weighted by atomic mass is 35.5. The number of ether oxygens (including phenoxy) is 2. The molecule has 3 heterocycles. The Kier molecular flexibility index (Phi) is 8.04. The number of aliphatic hydroxyl groups excluding tert-OH is 1. The summed E-state index contributed by atoms with van der Waals surface area (Å²) in [5.41, 5.74) is 2.55. The van der Waals surface area contributed by atoms with E-state index in [1.807, 2.05) is 31.2 Å². The van der Waals surface area contributed by atoms with E-state index in [0.29, 0.717) is 32.7 Å². The summed E-state index contributed by atoms with van der Waals surface area (Å²) in [5.74, 6) is -0.693. The van der Waals surface area contributed by atoms with Crippen LogP contribution in [0.15, 0.2) is 70.6 Å². The molecule has 2 aliphatic heterocycles. The molecule has 0 aliphatic carbocycles. The normalized spacial score (nSPS) is 19.0. The second-order valence-corrected chi connectivity index (χ2v) is 12.6. The molecule has 43 heavy (non-hydrogen) atoms. The molecule has 1 saturated heterocycles. The van der Waals surface area contributed by atoms with Gasteiger partial charge in [-0.25, -0.2) is 0 Å². The van der Waals surface area contributed by atoms with Crippen LogP contribution in [0.25, 0.3) is 5.76 Å². The van der Waals surface area contributed by atoms with Gasteiger partial charge in [-0.05, 0) is 66.9 Å². The van der Waals surface area contributed by atoms with Gasteiger partial charge in [-0.15, -0.1) is 10.2 Å². The summed E-state index contributed by atoms with van der Waals surface area (Å²) in [4.78, 5) is 28.5. The van der Waals surface area contributed by atoms with Gasteiger partial charge in [-0.3, -0.25) is 14.5 Å². The highest BCUT2D eigenvalue weighted by Gasteiger charge is 2.48. The van der Waals surface area contributed by atoms with Crippen LogP contribution >= 0.6 is 34.7 Å². The summed E-state index contributed by atoms with van der Waals surface area (Å²) < 4.78 is 11.9. The van der Waals surface area contributed by atoms with Crippen LogP contribution in [0, 0.1) is 0 Å². The van der Waals surface area contributed by atoms with E-state index >= 15 is 0 Å². The number of amides is 1. The number of aromatic nitrogens is 2. The van der Waals surface area contributed by atoms with Crippen LogP contribution in [0.1, 0.15) is 42.1 Å². The van der Waals surface area contributed by atoms with Gasteiger partial charge in [-0.1, -0.05) is 59.0 Å². The van der Waals surface area contributed by atoms with Crippen molar-refractivity contribution < 1.29 is 29.3 Å². The lowest BCUT2D eigenvalue weighted by molar-refractivity contribution is -0.132. The van der Waals surface area contributed by atoms with Gasteiger partial charge in [0.05, 0.1) is 18.2 Å². The van der Waals surface area contributed by atoms with E-state index in [2.05, 4.69) is 10.2 Å². The van der Waals surface area contributed by atoms with Crippen molar-refractivity contribution in [3.63, 3.8) is 0 Å². The van der Waals surface area contributed by atoms with Crippen LogP contribution in [-0.4, -0.2) is 44.8 Å². The fourth-order valence-corrected chi connectivity index (χ4v) is 7.31. The number of phenolic OH excluding ortho intramolecular Hbond substituents is 1. The number of carbonyl (C=O) groups is 2. The molecule has 9 nitrogen and oxygen atoms in total. The van der Waals surface area contributed by atoms with Gasteiger partial charge in [0, 0.05) is 22.8 Å². The number of phenols is 1. The van der Waals surface area contributed by atoms with Crippen LogP contribution < -0.4 is 14.4 Å². The Balaban J connectivity index is 1.42. The van der Waals surface area contributed by atoms with E-state index in [-0.39, 0.29) is 40.7 Å². The van der Waals surface area contributed by atoms with E-state index in [0.717, 1.165) is 28.2 Å². The van der Waals surface area contributed by atoms with Crippen molar-refractivity contribution >= 4 is 57.3 Å². The number of benzene rings is 3. The summed E-state index contributed by atoms with van der Waals surface area (Å²) in [6, 6.07) is 16.2. The molecule has 1 fully saturated rings. The maximum Gasteiger partial charge on any atom is 0.301 e. The predicted molar refractivity (Wildman–Crippen MR) is 165 cm³/mol. The van der Waals surface area contributed by atoms with Crippen LogP contribution in [0.4, 0.5) is 5.13 Å². The second-order valence-electron chi connectivity index (χ2n) is 10.0. The molecule has 220 valence electrons. The number of aliphatic hydroxyl groups is 1. The van der Waals surface area contributed by atoms with Gasteiger partial charge in [0.2, 0.25) is 5.13 Å². The van der Waals surface area contributed by atoms with Crippen molar-refractivity contribution in [3.8, 4) is 17.2 Å².